The predicted molar refractivity (Wildman–Crippen MR) is 89.1 cm³/mol. The highest BCUT2D eigenvalue weighted by Crippen LogP contribution is 2.39. The van der Waals surface area contributed by atoms with Crippen LogP contribution in [0.1, 0.15) is 33.4 Å². The summed E-state index contributed by atoms with van der Waals surface area (Å²) in [5.41, 5.74) is 11.4. The molecule has 0 unspecified atom stereocenters. The molecule has 0 spiro atoms. The van der Waals surface area contributed by atoms with Gasteiger partial charge in [-0.3, -0.25) is 0 Å². The van der Waals surface area contributed by atoms with Gasteiger partial charge in [-0.15, -0.1) is 0 Å². The highest BCUT2D eigenvalue weighted by atomic mass is 15.4. The number of fused-ring (bicyclic) bond motifs is 6. The number of anilines is 2. The second-order valence-corrected chi connectivity index (χ2v) is 6.67. The summed E-state index contributed by atoms with van der Waals surface area (Å²) >= 11 is 0. The Bertz CT molecular complexity index is 682. The molecule has 2 aromatic carbocycles. The third-order valence-corrected chi connectivity index (χ3v) is 5.14. The number of nitrogens with zero attached hydrogens (tertiary/aromatic N) is 2. The minimum atomic E-state index is 1.02. The molecule has 0 aliphatic carbocycles. The normalized spacial score (nSPS) is 15.8. The number of benzene rings is 2. The highest BCUT2D eigenvalue weighted by molar-refractivity contribution is 5.69. The van der Waals surface area contributed by atoms with Gasteiger partial charge >= 0.3 is 0 Å². The largest absolute Gasteiger partial charge is 0.349 e. The van der Waals surface area contributed by atoms with Crippen molar-refractivity contribution < 1.29 is 0 Å². The van der Waals surface area contributed by atoms with E-state index < -0.39 is 0 Å². The summed E-state index contributed by atoms with van der Waals surface area (Å²) in [4.78, 5) is 5.03. The standard InChI is InChI=1S/C19H22N2/c1-12-5-16-9-20-11-21(18(16)7-14(12)3)10-17-6-13(2)15(4)8-19(17)20/h5-8H,9-11H2,1-4H3. The van der Waals surface area contributed by atoms with Crippen molar-refractivity contribution in [2.75, 3.05) is 16.5 Å². The molecule has 0 aromatic heterocycles. The van der Waals surface area contributed by atoms with Crippen LogP contribution in [0.25, 0.3) is 0 Å². The van der Waals surface area contributed by atoms with E-state index in [1.165, 1.54) is 44.8 Å². The van der Waals surface area contributed by atoms with E-state index >= 15 is 0 Å². The third-order valence-electron chi connectivity index (χ3n) is 5.14. The van der Waals surface area contributed by atoms with Gasteiger partial charge in [0, 0.05) is 24.5 Å². The van der Waals surface area contributed by atoms with Gasteiger partial charge < -0.3 is 9.80 Å². The summed E-state index contributed by atoms with van der Waals surface area (Å²) in [5, 5.41) is 0. The molecule has 21 heavy (non-hydrogen) atoms. The van der Waals surface area contributed by atoms with Gasteiger partial charge in [-0.2, -0.15) is 0 Å². The van der Waals surface area contributed by atoms with Crippen LogP contribution in [0.4, 0.5) is 11.4 Å². The Kier molecular flexibility index (Phi) is 2.59. The maximum Gasteiger partial charge on any atom is 0.0910 e. The summed E-state index contributed by atoms with van der Waals surface area (Å²) < 4.78 is 0. The van der Waals surface area contributed by atoms with Crippen LogP contribution in [0.15, 0.2) is 24.3 Å². The van der Waals surface area contributed by atoms with Gasteiger partial charge in [0.05, 0.1) is 6.67 Å². The van der Waals surface area contributed by atoms with Gasteiger partial charge in [0.1, 0.15) is 0 Å². The van der Waals surface area contributed by atoms with E-state index in [1.54, 1.807) is 0 Å². The van der Waals surface area contributed by atoms with E-state index in [-0.39, 0.29) is 0 Å². The molecule has 2 nitrogen and oxygen atoms in total. The predicted octanol–water partition coefficient (Wildman–Crippen LogP) is 4.22. The molecule has 2 heterocycles. The molecule has 0 fully saturated rings. The molecule has 4 rings (SSSR count). The van der Waals surface area contributed by atoms with Crippen molar-refractivity contribution in [3.05, 3.63) is 57.6 Å². The van der Waals surface area contributed by atoms with Crippen molar-refractivity contribution in [2.24, 2.45) is 0 Å². The lowest BCUT2D eigenvalue weighted by Gasteiger charge is -2.45. The first-order valence-electron chi connectivity index (χ1n) is 7.73. The van der Waals surface area contributed by atoms with Crippen LogP contribution in [0.5, 0.6) is 0 Å². The second-order valence-electron chi connectivity index (χ2n) is 6.67. The fraction of sp³-hybridized carbons (Fsp3) is 0.368. The van der Waals surface area contributed by atoms with E-state index in [2.05, 4.69) is 61.8 Å². The van der Waals surface area contributed by atoms with Crippen molar-refractivity contribution in [2.45, 2.75) is 40.8 Å². The average Bonchev–Trinajstić information content (AvgIpc) is 2.44. The van der Waals surface area contributed by atoms with E-state index in [9.17, 15) is 0 Å². The summed E-state index contributed by atoms with van der Waals surface area (Å²) in [5.74, 6) is 0. The van der Waals surface area contributed by atoms with Crippen molar-refractivity contribution in [1.29, 1.82) is 0 Å². The lowest BCUT2D eigenvalue weighted by molar-refractivity contribution is 0.649. The first-order chi connectivity index (χ1) is 10.0. The summed E-state index contributed by atoms with van der Waals surface area (Å²) in [6.07, 6.45) is 0. The Morgan fingerprint density at radius 2 is 1.00 bits per heavy atom. The Balaban J connectivity index is 1.84. The number of hydrogen-bond acceptors (Lipinski definition) is 2. The van der Waals surface area contributed by atoms with Crippen LogP contribution in [-0.2, 0) is 13.1 Å². The van der Waals surface area contributed by atoms with E-state index in [4.69, 9.17) is 0 Å². The fourth-order valence-electron chi connectivity index (χ4n) is 3.60. The van der Waals surface area contributed by atoms with E-state index in [0.717, 1.165) is 19.8 Å². The first kappa shape index (κ1) is 12.8. The molecule has 2 aliphatic rings. The Morgan fingerprint density at radius 3 is 1.43 bits per heavy atom. The maximum atomic E-state index is 2.52. The van der Waals surface area contributed by atoms with Gasteiger partial charge in [0.15, 0.2) is 0 Å². The Labute approximate surface area is 127 Å². The lowest BCUT2D eigenvalue weighted by atomic mass is 9.96. The molecule has 2 heteroatoms. The lowest BCUT2D eigenvalue weighted by Crippen LogP contribution is -2.46. The first-order valence-corrected chi connectivity index (χ1v) is 7.73. The number of rotatable bonds is 0. The van der Waals surface area contributed by atoms with Crippen molar-refractivity contribution in [3.63, 3.8) is 0 Å². The summed E-state index contributed by atoms with van der Waals surface area (Å²) in [7, 11) is 0. The molecule has 0 saturated carbocycles. The molecule has 0 saturated heterocycles. The zero-order chi connectivity index (χ0) is 14.7. The van der Waals surface area contributed by atoms with Crippen molar-refractivity contribution >= 4 is 11.4 Å². The number of hydrogen-bond donors (Lipinski definition) is 0. The molecular formula is C19H22N2. The van der Waals surface area contributed by atoms with Crippen LogP contribution in [-0.4, -0.2) is 6.67 Å². The molecule has 108 valence electrons. The third kappa shape index (κ3) is 1.85. The average molecular weight is 278 g/mol. The van der Waals surface area contributed by atoms with Crippen molar-refractivity contribution in [3.8, 4) is 0 Å². The SMILES string of the molecule is Cc1cc2c(cc1C)N1Cc3cc(C)c(C)cc3N(C2)C1. The maximum absolute atomic E-state index is 2.52. The molecule has 0 atom stereocenters. The van der Waals surface area contributed by atoms with Crippen LogP contribution in [0.3, 0.4) is 0 Å². The topological polar surface area (TPSA) is 6.48 Å². The van der Waals surface area contributed by atoms with Crippen LogP contribution in [0, 0.1) is 27.7 Å². The molecule has 2 bridgehead atoms. The minimum Gasteiger partial charge on any atom is -0.349 e. The quantitative estimate of drug-likeness (QED) is 0.712. The van der Waals surface area contributed by atoms with Gasteiger partial charge in [0.25, 0.3) is 0 Å². The zero-order valence-corrected chi connectivity index (χ0v) is 13.3. The van der Waals surface area contributed by atoms with Crippen LogP contribution < -0.4 is 9.80 Å². The van der Waals surface area contributed by atoms with Crippen LogP contribution in [0.2, 0.25) is 0 Å². The number of aryl methyl sites for hydroxylation is 4. The van der Waals surface area contributed by atoms with Gasteiger partial charge in [-0.1, -0.05) is 12.1 Å². The van der Waals surface area contributed by atoms with Crippen molar-refractivity contribution in [1.82, 2.24) is 0 Å². The summed E-state index contributed by atoms with van der Waals surface area (Å²) in [6, 6.07) is 9.48. The molecule has 0 amide bonds. The minimum absolute atomic E-state index is 1.02. The highest BCUT2D eigenvalue weighted by Gasteiger charge is 2.29. The van der Waals surface area contributed by atoms with Crippen LogP contribution >= 0.6 is 0 Å². The Hall–Kier alpha value is -1.96. The summed E-state index contributed by atoms with van der Waals surface area (Å²) in [6.45, 7) is 11.9. The molecule has 0 radical (unpaired) electrons. The van der Waals surface area contributed by atoms with E-state index in [0.29, 0.717) is 0 Å². The van der Waals surface area contributed by atoms with Gasteiger partial charge in [-0.05, 0) is 73.2 Å². The molecule has 0 N–H and O–H groups in total. The smallest absolute Gasteiger partial charge is 0.0910 e. The van der Waals surface area contributed by atoms with Gasteiger partial charge in [0.2, 0.25) is 0 Å². The van der Waals surface area contributed by atoms with Gasteiger partial charge in [-0.25, -0.2) is 0 Å². The Morgan fingerprint density at radius 1 is 0.619 bits per heavy atom. The molecule has 2 aromatic rings. The fourth-order valence-corrected chi connectivity index (χ4v) is 3.60. The molecular weight excluding hydrogens is 256 g/mol. The second kappa shape index (κ2) is 4.27. The molecule has 2 aliphatic heterocycles. The van der Waals surface area contributed by atoms with E-state index in [1.807, 2.05) is 0 Å². The zero-order valence-electron chi connectivity index (χ0n) is 13.3. The monoisotopic (exact) mass is 278 g/mol.